The smallest absolute Gasteiger partial charge is 0.196 e. The van der Waals surface area contributed by atoms with Crippen LogP contribution in [-0.4, -0.2) is 27.6 Å². The predicted octanol–water partition coefficient (Wildman–Crippen LogP) is 5.56. The number of nitrogens with zero attached hydrogens (tertiary/aromatic N) is 3. The van der Waals surface area contributed by atoms with Crippen molar-refractivity contribution < 1.29 is 13.5 Å². The van der Waals surface area contributed by atoms with Crippen molar-refractivity contribution in [2.45, 2.75) is 11.6 Å². The minimum absolute atomic E-state index is 0.316. The largest absolute Gasteiger partial charge is 0.497 e. The summed E-state index contributed by atoms with van der Waals surface area (Å²) in [5, 5.41) is 9.35. The lowest BCUT2D eigenvalue weighted by Crippen LogP contribution is -2.01. The van der Waals surface area contributed by atoms with Gasteiger partial charge in [-0.25, -0.2) is 8.78 Å². The minimum atomic E-state index is -0.319. The Balaban J connectivity index is 1.60. The molecule has 0 saturated heterocycles. The molecule has 1 heterocycles. The zero-order chi connectivity index (χ0) is 20.9. The van der Waals surface area contributed by atoms with E-state index in [0.29, 0.717) is 11.0 Å². The molecule has 0 aliphatic rings. The van der Waals surface area contributed by atoms with Gasteiger partial charge in [-0.2, -0.15) is 0 Å². The Bertz CT molecular complexity index is 1110. The molecule has 0 aliphatic carbocycles. The Morgan fingerprint density at radius 3 is 2.10 bits per heavy atom. The molecule has 4 nitrogen and oxygen atoms in total. The second kappa shape index (κ2) is 9.09. The van der Waals surface area contributed by atoms with Crippen LogP contribution >= 0.6 is 11.8 Å². The lowest BCUT2D eigenvalue weighted by Gasteiger charge is -2.10. The molecule has 0 amide bonds. The van der Waals surface area contributed by atoms with Gasteiger partial charge in [0.25, 0.3) is 0 Å². The molecule has 0 fully saturated rings. The maximum atomic E-state index is 13.4. The number of ether oxygens (including phenoxy) is 1. The van der Waals surface area contributed by atoms with Crippen molar-refractivity contribution in [3.05, 3.63) is 90.0 Å². The first-order chi connectivity index (χ1) is 14.6. The summed E-state index contributed by atoms with van der Waals surface area (Å²) in [5.41, 5.74) is 2.66. The van der Waals surface area contributed by atoms with Crippen LogP contribution < -0.4 is 4.74 Å². The molecule has 4 aromatic rings. The Kier molecular flexibility index (Phi) is 6.09. The Hall–Kier alpha value is -3.19. The standard InChI is InChI=1S/C23H19F2N3OS/c1-29-21-12-2-16(3-13-21)14-15-30-23-27-26-22(17-4-6-18(24)7-5-17)28(23)20-10-8-19(25)9-11-20/h2-13H,14-15H2,1H3. The van der Waals surface area contributed by atoms with Gasteiger partial charge in [-0.1, -0.05) is 23.9 Å². The number of rotatable bonds is 7. The van der Waals surface area contributed by atoms with E-state index in [9.17, 15) is 8.78 Å². The van der Waals surface area contributed by atoms with E-state index in [4.69, 9.17) is 4.74 Å². The number of methoxy groups -OCH3 is 1. The lowest BCUT2D eigenvalue weighted by atomic mass is 10.2. The fourth-order valence-corrected chi connectivity index (χ4v) is 3.96. The highest BCUT2D eigenvalue weighted by molar-refractivity contribution is 7.99. The summed E-state index contributed by atoms with van der Waals surface area (Å²) in [5.74, 6) is 1.55. The quantitative estimate of drug-likeness (QED) is 0.365. The summed E-state index contributed by atoms with van der Waals surface area (Å²) in [6.07, 6.45) is 0.844. The van der Waals surface area contributed by atoms with Gasteiger partial charge in [-0.05, 0) is 72.6 Å². The SMILES string of the molecule is COc1ccc(CCSc2nnc(-c3ccc(F)cc3)n2-c2ccc(F)cc2)cc1. The molecule has 0 unspecified atom stereocenters. The second-order valence-corrected chi connectivity index (χ2v) is 7.63. The van der Waals surface area contributed by atoms with Crippen molar-refractivity contribution in [3.63, 3.8) is 0 Å². The molecular formula is C23H19F2N3OS. The summed E-state index contributed by atoms with van der Waals surface area (Å²) in [7, 11) is 1.64. The molecule has 0 aliphatic heterocycles. The third kappa shape index (κ3) is 4.52. The number of thioether (sulfide) groups is 1. The fourth-order valence-electron chi connectivity index (χ4n) is 3.02. The van der Waals surface area contributed by atoms with Crippen LogP contribution in [0.3, 0.4) is 0 Å². The van der Waals surface area contributed by atoms with Crippen LogP contribution in [0, 0.1) is 11.6 Å². The first-order valence-electron chi connectivity index (χ1n) is 9.37. The fraction of sp³-hybridized carbons (Fsp3) is 0.130. The Labute approximate surface area is 177 Å². The van der Waals surface area contributed by atoms with Gasteiger partial charge in [0, 0.05) is 17.0 Å². The highest BCUT2D eigenvalue weighted by Gasteiger charge is 2.16. The van der Waals surface area contributed by atoms with Crippen molar-refractivity contribution >= 4 is 11.8 Å². The molecule has 30 heavy (non-hydrogen) atoms. The van der Waals surface area contributed by atoms with Gasteiger partial charge in [0.1, 0.15) is 17.4 Å². The van der Waals surface area contributed by atoms with E-state index in [0.717, 1.165) is 29.2 Å². The van der Waals surface area contributed by atoms with E-state index >= 15 is 0 Å². The molecule has 3 aromatic carbocycles. The second-order valence-electron chi connectivity index (χ2n) is 6.57. The molecule has 7 heteroatoms. The predicted molar refractivity (Wildman–Crippen MR) is 114 cm³/mol. The van der Waals surface area contributed by atoms with E-state index in [1.165, 1.54) is 29.8 Å². The van der Waals surface area contributed by atoms with E-state index in [2.05, 4.69) is 10.2 Å². The lowest BCUT2D eigenvalue weighted by molar-refractivity contribution is 0.414. The summed E-state index contributed by atoms with van der Waals surface area (Å²) >= 11 is 1.56. The average Bonchev–Trinajstić information content (AvgIpc) is 3.19. The van der Waals surface area contributed by atoms with Crippen molar-refractivity contribution in [2.75, 3.05) is 12.9 Å². The van der Waals surface area contributed by atoms with E-state index in [1.807, 2.05) is 28.8 Å². The van der Waals surface area contributed by atoms with Crippen molar-refractivity contribution in [1.29, 1.82) is 0 Å². The molecule has 0 atom stereocenters. The molecular weight excluding hydrogens is 404 g/mol. The number of benzene rings is 3. The van der Waals surface area contributed by atoms with Crippen LogP contribution in [0.2, 0.25) is 0 Å². The number of aryl methyl sites for hydroxylation is 1. The number of aromatic nitrogens is 3. The van der Waals surface area contributed by atoms with Gasteiger partial charge in [0.2, 0.25) is 0 Å². The molecule has 1 aromatic heterocycles. The van der Waals surface area contributed by atoms with Crippen LogP contribution in [-0.2, 0) is 6.42 Å². The van der Waals surface area contributed by atoms with Gasteiger partial charge in [0.05, 0.1) is 7.11 Å². The van der Waals surface area contributed by atoms with Crippen LogP contribution in [0.4, 0.5) is 8.78 Å². The van der Waals surface area contributed by atoms with E-state index in [-0.39, 0.29) is 11.6 Å². The molecule has 0 radical (unpaired) electrons. The van der Waals surface area contributed by atoms with E-state index < -0.39 is 0 Å². The van der Waals surface area contributed by atoms with Gasteiger partial charge < -0.3 is 4.74 Å². The van der Waals surface area contributed by atoms with Crippen molar-refractivity contribution in [2.24, 2.45) is 0 Å². The molecule has 152 valence electrons. The Morgan fingerprint density at radius 1 is 0.833 bits per heavy atom. The third-order valence-electron chi connectivity index (χ3n) is 4.60. The molecule has 4 rings (SSSR count). The summed E-state index contributed by atoms with van der Waals surface area (Å²) < 4.78 is 33.9. The Morgan fingerprint density at radius 2 is 1.47 bits per heavy atom. The monoisotopic (exact) mass is 423 g/mol. The zero-order valence-electron chi connectivity index (χ0n) is 16.3. The molecule has 0 saturated carbocycles. The molecule has 0 bridgehead atoms. The van der Waals surface area contributed by atoms with Gasteiger partial charge in [-0.3, -0.25) is 4.57 Å². The summed E-state index contributed by atoms with van der Waals surface area (Å²) in [4.78, 5) is 0. The summed E-state index contributed by atoms with van der Waals surface area (Å²) in [6.45, 7) is 0. The highest BCUT2D eigenvalue weighted by Crippen LogP contribution is 2.28. The minimum Gasteiger partial charge on any atom is -0.497 e. The van der Waals surface area contributed by atoms with Crippen LogP contribution in [0.5, 0.6) is 5.75 Å². The summed E-state index contributed by atoms with van der Waals surface area (Å²) in [6, 6.07) is 20.2. The van der Waals surface area contributed by atoms with Gasteiger partial charge >= 0.3 is 0 Å². The van der Waals surface area contributed by atoms with Crippen LogP contribution in [0.25, 0.3) is 17.1 Å². The zero-order valence-corrected chi connectivity index (χ0v) is 17.1. The van der Waals surface area contributed by atoms with Crippen LogP contribution in [0.15, 0.2) is 78.0 Å². The maximum absolute atomic E-state index is 13.4. The van der Waals surface area contributed by atoms with Crippen molar-refractivity contribution in [1.82, 2.24) is 14.8 Å². The average molecular weight is 423 g/mol. The van der Waals surface area contributed by atoms with Crippen molar-refractivity contribution in [3.8, 4) is 22.8 Å². The van der Waals surface area contributed by atoms with Gasteiger partial charge in [-0.15, -0.1) is 10.2 Å². The number of halogens is 2. The highest BCUT2D eigenvalue weighted by atomic mass is 32.2. The first-order valence-corrected chi connectivity index (χ1v) is 10.4. The number of hydrogen-bond donors (Lipinski definition) is 0. The van der Waals surface area contributed by atoms with Crippen LogP contribution in [0.1, 0.15) is 5.56 Å². The van der Waals surface area contributed by atoms with E-state index in [1.54, 1.807) is 43.1 Å². The maximum Gasteiger partial charge on any atom is 0.196 e. The normalized spacial score (nSPS) is 10.9. The first kappa shape index (κ1) is 20.1. The molecule has 0 N–H and O–H groups in total. The third-order valence-corrected chi connectivity index (χ3v) is 5.53. The topological polar surface area (TPSA) is 39.9 Å². The molecule has 0 spiro atoms. The van der Waals surface area contributed by atoms with Gasteiger partial charge in [0.15, 0.2) is 11.0 Å². The number of hydrogen-bond acceptors (Lipinski definition) is 4.